The molecule has 0 aliphatic rings. The highest BCUT2D eigenvalue weighted by Crippen LogP contribution is 2.23. The van der Waals surface area contributed by atoms with E-state index in [0.717, 1.165) is 33.8 Å². The molecule has 0 saturated heterocycles. The summed E-state index contributed by atoms with van der Waals surface area (Å²) in [7, 11) is 0. The van der Waals surface area contributed by atoms with Gasteiger partial charge in [0.15, 0.2) is 13.2 Å². The van der Waals surface area contributed by atoms with E-state index >= 15 is 0 Å². The van der Waals surface area contributed by atoms with Gasteiger partial charge in [0, 0.05) is 11.4 Å². The van der Waals surface area contributed by atoms with Crippen molar-refractivity contribution in [2.45, 2.75) is 27.7 Å². The van der Waals surface area contributed by atoms with E-state index in [4.69, 9.17) is 9.47 Å². The van der Waals surface area contributed by atoms with Crippen LogP contribution < -0.4 is 20.1 Å². The number of benzene rings is 3. The van der Waals surface area contributed by atoms with E-state index in [9.17, 15) is 9.59 Å². The molecular weight excluding hydrogens is 404 g/mol. The highest BCUT2D eigenvalue weighted by atomic mass is 16.5. The van der Waals surface area contributed by atoms with E-state index in [1.807, 2.05) is 64.1 Å². The van der Waals surface area contributed by atoms with Crippen LogP contribution >= 0.6 is 0 Å². The Balaban J connectivity index is 1.48. The highest BCUT2D eigenvalue weighted by Gasteiger charge is 2.10. The van der Waals surface area contributed by atoms with E-state index in [2.05, 4.69) is 10.6 Å². The molecule has 32 heavy (non-hydrogen) atoms. The van der Waals surface area contributed by atoms with Crippen molar-refractivity contribution in [2.24, 2.45) is 0 Å². The van der Waals surface area contributed by atoms with Gasteiger partial charge in [0.25, 0.3) is 11.8 Å². The maximum Gasteiger partial charge on any atom is 0.262 e. The number of hydrogen-bond donors (Lipinski definition) is 2. The summed E-state index contributed by atoms with van der Waals surface area (Å²) in [6.07, 6.45) is 0. The summed E-state index contributed by atoms with van der Waals surface area (Å²) in [4.78, 5) is 24.4. The van der Waals surface area contributed by atoms with Gasteiger partial charge in [0.1, 0.15) is 11.5 Å². The van der Waals surface area contributed by atoms with Gasteiger partial charge in [-0.25, -0.2) is 0 Å². The standard InChI is InChI=1S/C26H28N2O4/c1-17-7-5-8-18(2)25(17)31-15-23(29)27-21-11-13-22(14-12-21)28-24(30)16-32-26-19(3)9-6-10-20(26)4/h5-14H,15-16H2,1-4H3,(H,27,29)(H,28,30). The molecule has 0 atom stereocenters. The number of aryl methyl sites for hydroxylation is 4. The van der Waals surface area contributed by atoms with Gasteiger partial charge < -0.3 is 20.1 Å². The van der Waals surface area contributed by atoms with Crippen molar-refractivity contribution < 1.29 is 19.1 Å². The van der Waals surface area contributed by atoms with Gasteiger partial charge in [-0.2, -0.15) is 0 Å². The molecule has 0 bridgehead atoms. The smallest absolute Gasteiger partial charge is 0.262 e. The second kappa shape index (κ2) is 10.5. The van der Waals surface area contributed by atoms with E-state index < -0.39 is 0 Å². The van der Waals surface area contributed by atoms with Gasteiger partial charge in [0.05, 0.1) is 0 Å². The van der Waals surface area contributed by atoms with Gasteiger partial charge in [-0.1, -0.05) is 36.4 Å². The number of rotatable bonds is 8. The van der Waals surface area contributed by atoms with Crippen molar-refractivity contribution in [2.75, 3.05) is 23.8 Å². The molecule has 3 aromatic rings. The summed E-state index contributed by atoms with van der Waals surface area (Å²) in [5.41, 5.74) is 5.17. The molecule has 3 aromatic carbocycles. The first-order valence-corrected chi connectivity index (χ1v) is 10.4. The van der Waals surface area contributed by atoms with E-state index in [-0.39, 0.29) is 25.0 Å². The largest absolute Gasteiger partial charge is 0.483 e. The minimum absolute atomic E-state index is 0.0835. The topological polar surface area (TPSA) is 76.7 Å². The Hall–Kier alpha value is -3.80. The van der Waals surface area contributed by atoms with E-state index in [1.165, 1.54) is 0 Å². The van der Waals surface area contributed by atoms with Crippen LogP contribution in [0.3, 0.4) is 0 Å². The lowest BCUT2D eigenvalue weighted by molar-refractivity contribution is -0.118. The van der Waals surface area contributed by atoms with E-state index in [0.29, 0.717) is 11.4 Å². The molecule has 0 heterocycles. The van der Waals surface area contributed by atoms with Crippen LogP contribution in [0.15, 0.2) is 60.7 Å². The maximum atomic E-state index is 12.2. The summed E-state index contributed by atoms with van der Waals surface area (Å²) < 4.78 is 11.4. The van der Waals surface area contributed by atoms with Gasteiger partial charge in [-0.3, -0.25) is 9.59 Å². The van der Waals surface area contributed by atoms with Crippen molar-refractivity contribution in [1.82, 2.24) is 0 Å². The predicted molar refractivity (Wildman–Crippen MR) is 127 cm³/mol. The first kappa shape index (κ1) is 22.9. The number of para-hydroxylation sites is 2. The Labute approximate surface area is 188 Å². The van der Waals surface area contributed by atoms with Crippen molar-refractivity contribution in [3.8, 4) is 11.5 Å². The Morgan fingerprint density at radius 3 is 1.22 bits per heavy atom. The van der Waals surface area contributed by atoms with Crippen molar-refractivity contribution in [1.29, 1.82) is 0 Å². The summed E-state index contributed by atoms with van der Waals surface area (Å²) in [6, 6.07) is 18.6. The third kappa shape index (κ3) is 6.11. The molecule has 0 fully saturated rings. The van der Waals surface area contributed by atoms with Crippen LogP contribution in [-0.4, -0.2) is 25.0 Å². The third-order valence-electron chi connectivity index (χ3n) is 4.97. The first-order valence-electron chi connectivity index (χ1n) is 10.4. The molecule has 0 radical (unpaired) electrons. The summed E-state index contributed by atoms with van der Waals surface area (Å²) in [5.74, 6) is 0.936. The van der Waals surface area contributed by atoms with Crippen LogP contribution in [-0.2, 0) is 9.59 Å². The second-order valence-corrected chi connectivity index (χ2v) is 7.69. The fourth-order valence-corrected chi connectivity index (χ4v) is 3.36. The molecule has 0 saturated carbocycles. The van der Waals surface area contributed by atoms with Crippen LogP contribution in [0.4, 0.5) is 11.4 Å². The zero-order chi connectivity index (χ0) is 23.1. The van der Waals surface area contributed by atoms with Crippen molar-refractivity contribution in [3.05, 3.63) is 82.9 Å². The number of nitrogens with one attached hydrogen (secondary N) is 2. The zero-order valence-corrected chi connectivity index (χ0v) is 18.8. The molecule has 0 aliphatic heterocycles. The normalized spacial score (nSPS) is 10.4. The fraction of sp³-hybridized carbons (Fsp3) is 0.231. The first-order chi connectivity index (χ1) is 15.3. The third-order valence-corrected chi connectivity index (χ3v) is 4.97. The maximum absolute atomic E-state index is 12.2. The predicted octanol–water partition coefficient (Wildman–Crippen LogP) is 4.96. The van der Waals surface area contributed by atoms with Crippen LogP contribution in [0.2, 0.25) is 0 Å². The average molecular weight is 433 g/mol. The average Bonchev–Trinajstić information content (AvgIpc) is 2.74. The van der Waals surface area contributed by atoms with Crippen molar-refractivity contribution in [3.63, 3.8) is 0 Å². The zero-order valence-electron chi connectivity index (χ0n) is 18.8. The number of ether oxygens (including phenoxy) is 2. The minimum Gasteiger partial charge on any atom is -0.483 e. The Morgan fingerprint density at radius 2 is 0.906 bits per heavy atom. The number of anilines is 2. The summed E-state index contributed by atoms with van der Waals surface area (Å²) in [6.45, 7) is 7.61. The molecule has 0 aromatic heterocycles. The van der Waals surface area contributed by atoms with Gasteiger partial charge in [0.2, 0.25) is 0 Å². The van der Waals surface area contributed by atoms with Crippen LogP contribution in [0.1, 0.15) is 22.3 Å². The van der Waals surface area contributed by atoms with Gasteiger partial charge in [-0.15, -0.1) is 0 Å². The molecule has 0 aliphatic carbocycles. The molecule has 166 valence electrons. The van der Waals surface area contributed by atoms with Gasteiger partial charge >= 0.3 is 0 Å². The summed E-state index contributed by atoms with van der Waals surface area (Å²) in [5, 5.41) is 5.58. The lowest BCUT2D eigenvalue weighted by atomic mass is 10.1. The van der Waals surface area contributed by atoms with E-state index in [1.54, 1.807) is 24.3 Å². The van der Waals surface area contributed by atoms with Crippen LogP contribution in [0.5, 0.6) is 11.5 Å². The molecule has 6 nitrogen and oxygen atoms in total. The summed E-state index contributed by atoms with van der Waals surface area (Å²) >= 11 is 0. The Morgan fingerprint density at radius 1 is 0.594 bits per heavy atom. The molecule has 0 spiro atoms. The lowest BCUT2D eigenvalue weighted by Crippen LogP contribution is -2.21. The molecule has 3 rings (SSSR count). The molecule has 6 heteroatoms. The number of carbonyl (C=O) groups is 2. The van der Waals surface area contributed by atoms with Gasteiger partial charge in [-0.05, 0) is 74.2 Å². The number of amides is 2. The monoisotopic (exact) mass is 432 g/mol. The SMILES string of the molecule is Cc1cccc(C)c1OCC(=O)Nc1ccc(NC(=O)COc2c(C)cccc2C)cc1. The fourth-order valence-electron chi connectivity index (χ4n) is 3.36. The highest BCUT2D eigenvalue weighted by molar-refractivity contribution is 5.94. The van der Waals surface area contributed by atoms with Crippen LogP contribution in [0.25, 0.3) is 0 Å². The van der Waals surface area contributed by atoms with Crippen molar-refractivity contribution >= 4 is 23.2 Å². The molecule has 0 unspecified atom stereocenters. The second-order valence-electron chi connectivity index (χ2n) is 7.69. The Bertz CT molecular complexity index is 978. The lowest BCUT2D eigenvalue weighted by Gasteiger charge is -2.13. The molecular formula is C26H28N2O4. The Kier molecular flexibility index (Phi) is 7.49. The van der Waals surface area contributed by atoms with Crippen LogP contribution in [0, 0.1) is 27.7 Å². The molecule has 2 N–H and O–H groups in total. The quantitative estimate of drug-likeness (QED) is 0.528. The number of hydrogen-bond acceptors (Lipinski definition) is 4. The minimum atomic E-state index is -0.258. The molecule has 2 amide bonds. The number of carbonyl (C=O) groups excluding carboxylic acids is 2.